The van der Waals surface area contributed by atoms with Crippen molar-refractivity contribution in [3.63, 3.8) is 0 Å². The number of nitrogens with one attached hydrogen (secondary N) is 4. The Morgan fingerprint density at radius 1 is 1.12 bits per heavy atom. The second kappa shape index (κ2) is 12.8. The van der Waals surface area contributed by atoms with Crippen molar-refractivity contribution in [1.82, 2.24) is 21.1 Å². The number of carbonyl (C=O) groups excluding carboxylic acids is 2. The molecule has 1 fully saturated rings. The molecule has 0 aromatic heterocycles. The third kappa shape index (κ3) is 7.65. The quantitative estimate of drug-likeness (QED) is 0.253. The molecule has 0 spiro atoms. The van der Waals surface area contributed by atoms with Gasteiger partial charge in [0, 0.05) is 37.0 Å². The van der Waals surface area contributed by atoms with Gasteiger partial charge in [0.15, 0.2) is 5.11 Å². The highest BCUT2D eigenvalue weighted by molar-refractivity contribution is 7.80. The number of nitrogens with zero attached hydrogens (tertiary/aromatic N) is 1. The molecule has 0 radical (unpaired) electrons. The second-order valence-electron chi connectivity index (χ2n) is 7.52. The molecule has 2 aromatic rings. The summed E-state index contributed by atoms with van der Waals surface area (Å²) in [6, 6.07) is 9.92. The molecule has 1 aliphatic heterocycles. The molecular weight excluding hydrogens is 461 g/mol. The zero-order valence-electron chi connectivity index (χ0n) is 18.9. The van der Waals surface area contributed by atoms with E-state index in [1.54, 1.807) is 6.07 Å². The zero-order valence-corrected chi connectivity index (χ0v) is 19.7. The third-order valence-corrected chi connectivity index (χ3v) is 5.37. The van der Waals surface area contributed by atoms with Crippen LogP contribution in [0.5, 0.6) is 5.75 Å². The number of hydrogen-bond donors (Lipinski definition) is 4. The number of hydrogen-bond acceptors (Lipinski definition) is 6. The van der Waals surface area contributed by atoms with E-state index in [1.807, 2.05) is 0 Å². The van der Waals surface area contributed by atoms with Gasteiger partial charge in [-0.25, -0.2) is 4.39 Å². The molecule has 0 saturated carbocycles. The fourth-order valence-electron chi connectivity index (χ4n) is 3.34. The molecule has 9 nitrogen and oxygen atoms in total. The highest BCUT2D eigenvalue weighted by Crippen LogP contribution is 2.23. The van der Waals surface area contributed by atoms with E-state index in [2.05, 4.69) is 26.4 Å². The van der Waals surface area contributed by atoms with Crippen molar-refractivity contribution < 1.29 is 23.5 Å². The van der Waals surface area contributed by atoms with Crippen LogP contribution in [0.2, 0.25) is 0 Å². The van der Waals surface area contributed by atoms with E-state index < -0.39 is 17.6 Å². The van der Waals surface area contributed by atoms with Crippen molar-refractivity contribution in [2.24, 2.45) is 0 Å². The van der Waals surface area contributed by atoms with Gasteiger partial charge in [0.2, 0.25) is 0 Å². The number of benzene rings is 2. The average Bonchev–Trinajstić information content (AvgIpc) is 2.85. The lowest BCUT2D eigenvalue weighted by atomic mass is 10.1. The SMILES string of the molecule is COc1cc(NC(=O)c2cccc(F)c2)ccc1C(=O)NNC(=S)NCCCN1CCOCC1. The van der Waals surface area contributed by atoms with Gasteiger partial charge in [-0.05, 0) is 55.5 Å². The Morgan fingerprint density at radius 2 is 1.91 bits per heavy atom. The minimum absolute atomic E-state index is 0.177. The summed E-state index contributed by atoms with van der Waals surface area (Å²) in [6.45, 7) is 5.03. The highest BCUT2D eigenvalue weighted by Gasteiger charge is 2.15. The fourth-order valence-corrected chi connectivity index (χ4v) is 3.50. The Hall–Kier alpha value is -3.28. The van der Waals surface area contributed by atoms with Crippen molar-refractivity contribution in [3.8, 4) is 5.75 Å². The summed E-state index contributed by atoms with van der Waals surface area (Å²) in [4.78, 5) is 27.2. The second-order valence-corrected chi connectivity index (χ2v) is 7.93. The van der Waals surface area contributed by atoms with Gasteiger partial charge in [0.05, 0.1) is 25.9 Å². The number of ether oxygens (including phenoxy) is 2. The fraction of sp³-hybridized carbons (Fsp3) is 0.348. The van der Waals surface area contributed by atoms with E-state index in [-0.39, 0.29) is 16.9 Å². The molecule has 0 bridgehead atoms. The molecule has 1 aliphatic rings. The number of halogens is 1. The van der Waals surface area contributed by atoms with Crippen LogP contribution in [0.3, 0.4) is 0 Å². The van der Waals surface area contributed by atoms with Crippen molar-refractivity contribution in [1.29, 1.82) is 0 Å². The minimum atomic E-state index is -0.505. The topological polar surface area (TPSA) is 104 Å². The first-order chi connectivity index (χ1) is 16.5. The van der Waals surface area contributed by atoms with Gasteiger partial charge in [-0.1, -0.05) is 6.07 Å². The normalized spacial score (nSPS) is 13.6. The Morgan fingerprint density at radius 3 is 2.65 bits per heavy atom. The van der Waals surface area contributed by atoms with Crippen LogP contribution in [0.4, 0.5) is 10.1 Å². The van der Waals surface area contributed by atoms with Crippen LogP contribution in [0.25, 0.3) is 0 Å². The van der Waals surface area contributed by atoms with E-state index in [1.165, 1.54) is 37.4 Å². The van der Waals surface area contributed by atoms with Crippen LogP contribution in [-0.4, -0.2) is 68.3 Å². The molecule has 0 unspecified atom stereocenters. The standard InChI is InChI=1S/C23H28FN5O4S/c1-32-20-15-18(26-21(30)16-4-2-5-17(24)14-16)6-7-19(20)22(31)27-28-23(34)25-8-3-9-29-10-12-33-13-11-29/h2,4-7,14-15H,3,8-13H2,1H3,(H,26,30)(H,27,31)(H2,25,28,34). The maximum atomic E-state index is 13.4. The van der Waals surface area contributed by atoms with Crippen molar-refractivity contribution >= 4 is 34.8 Å². The van der Waals surface area contributed by atoms with Crippen LogP contribution >= 0.6 is 12.2 Å². The summed E-state index contributed by atoms with van der Waals surface area (Å²) < 4.78 is 24.0. The number of hydrazine groups is 1. The Labute approximate surface area is 203 Å². The predicted octanol–water partition coefficient (Wildman–Crippen LogP) is 1.92. The summed E-state index contributed by atoms with van der Waals surface area (Å²) in [5, 5.41) is 6.00. The first kappa shape index (κ1) is 25.3. The van der Waals surface area contributed by atoms with Gasteiger partial charge in [-0.3, -0.25) is 25.3 Å². The maximum Gasteiger partial charge on any atom is 0.273 e. The number of morpholine rings is 1. The van der Waals surface area contributed by atoms with Crippen LogP contribution in [0.15, 0.2) is 42.5 Å². The zero-order chi connectivity index (χ0) is 24.3. The number of amides is 2. The molecule has 0 aliphatic carbocycles. The number of anilines is 1. The summed E-state index contributed by atoms with van der Waals surface area (Å²) >= 11 is 5.20. The van der Waals surface area contributed by atoms with Gasteiger partial charge in [-0.15, -0.1) is 0 Å². The molecule has 182 valence electrons. The van der Waals surface area contributed by atoms with Crippen molar-refractivity contribution in [2.75, 3.05) is 51.8 Å². The maximum absolute atomic E-state index is 13.4. The van der Waals surface area contributed by atoms with E-state index >= 15 is 0 Å². The lowest BCUT2D eigenvalue weighted by Gasteiger charge is -2.26. The minimum Gasteiger partial charge on any atom is -0.496 e. The van der Waals surface area contributed by atoms with E-state index in [4.69, 9.17) is 21.7 Å². The van der Waals surface area contributed by atoms with Gasteiger partial charge in [0.1, 0.15) is 11.6 Å². The van der Waals surface area contributed by atoms with Gasteiger partial charge >= 0.3 is 0 Å². The molecule has 1 heterocycles. The number of rotatable bonds is 8. The molecule has 4 N–H and O–H groups in total. The largest absolute Gasteiger partial charge is 0.496 e. The molecule has 11 heteroatoms. The third-order valence-electron chi connectivity index (χ3n) is 5.12. The van der Waals surface area contributed by atoms with E-state index in [0.29, 0.717) is 17.3 Å². The van der Waals surface area contributed by atoms with Crippen LogP contribution in [0.1, 0.15) is 27.1 Å². The Kier molecular flexibility index (Phi) is 9.56. The monoisotopic (exact) mass is 489 g/mol. The van der Waals surface area contributed by atoms with Crippen LogP contribution in [-0.2, 0) is 4.74 Å². The highest BCUT2D eigenvalue weighted by atomic mass is 32.1. The molecule has 1 saturated heterocycles. The number of thiocarbonyl (C=S) groups is 1. The average molecular weight is 490 g/mol. The molecule has 2 aromatic carbocycles. The summed E-state index contributed by atoms with van der Waals surface area (Å²) in [5.74, 6) is -1.20. The van der Waals surface area contributed by atoms with Crippen LogP contribution < -0.4 is 26.2 Å². The first-order valence-corrected chi connectivity index (χ1v) is 11.3. The molecule has 0 atom stereocenters. The Bertz CT molecular complexity index is 1020. The summed E-state index contributed by atoms with van der Waals surface area (Å²) in [7, 11) is 1.42. The summed E-state index contributed by atoms with van der Waals surface area (Å²) in [5.41, 5.74) is 6.02. The van der Waals surface area contributed by atoms with Gasteiger partial charge in [-0.2, -0.15) is 0 Å². The lowest BCUT2D eigenvalue weighted by molar-refractivity contribution is 0.0376. The van der Waals surface area contributed by atoms with E-state index in [0.717, 1.165) is 45.3 Å². The van der Waals surface area contributed by atoms with Crippen molar-refractivity contribution in [2.45, 2.75) is 6.42 Å². The first-order valence-electron chi connectivity index (χ1n) is 10.9. The molecule has 2 amide bonds. The molecule has 3 rings (SSSR count). The molecular formula is C23H28FN5O4S. The lowest BCUT2D eigenvalue weighted by Crippen LogP contribution is -2.47. The smallest absolute Gasteiger partial charge is 0.273 e. The van der Waals surface area contributed by atoms with Crippen LogP contribution in [0, 0.1) is 5.82 Å². The number of carbonyl (C=O) groups is 2. The van der Waals surface area contributed by atoms with Gasteiger partial charge < -0.3 is 20.1 Å². The predicted molar refractivity (Wildman–Crippen MR) is 130 cm³/mol. The Balaban J connectivity index is 1.46. The number of methoxy groups -OCH3 is 1. The van der Waals surface area contributed by atoms with E-state index in [9.17, 15) is 14.0 Å². The summed E-state index contributed by atoms with van der Waals surface area (Å²) in [6.07, 6.45) is 0.909. The molecule has 34 heavy (non-hydrogen) atoms. The van der Waals surface area contributed by atoms with Gasteiger partial charge in [0.25, 0.3) is 11.8 Å². The van der Waals surface area contributed by atoms with Crippen molar-refractivity contribution in [3.05, 3.63) is 59.4 Å².